The number of nitro groups is 1. The predicted molar refractivity (Wildman–Crippen MR) is 66.6 cm³/mol. The van der Waals surface area contributed by atoms with E-state index in [-0.39, 0.29) is 24.5 Å². The van der Waals surface area contributed by atoms with Gasteiger partial charge in [0.15, 0.2) is 5.78 Å². The molecule has 0 saturated heterocycles. The fourth-order valence-corrected chi connectivity index (χ4v) is 1.61. The van der Waals surface area contributed by atoms with Crippen LogP contribution in [0, 0.1) is 17.0 Å². The molecule has 1 unspecified atom stereocenters. The van der Waals surface area contributed by atoms with Crippen LogP contribution in [0.3, 0.4) is 0 Å². The van der Waals surface area contributed by atoms with E-state index in [1.165, 1.54) is 13.2 Å². The van der Waals surface area contributed by atoms with E-state index in [9.17, 15) is 14.9 Å². The Labute approximate surface area is 105 Å². The van der Waals surface area contributed by atoms with Crippen molar-refractivity contribution in [2.75, 3.05) is 13.7 Å². The van der Waals surface area contributed by atoms with Crippen molar-refractivity contribution in [3.63, 3.8) is 0 Å². The van der Waals surface area contributed by atoms with E-state index in [0.29, 0.717) is 11.1 Å². The number of aryl methyl sites for hydroxylation is 1. The number of nitrogens with zero attached hydrogens (tertiary/aromatic N) is 1. The van der Waals surface area contributed by atoms with Crippen LogP contribution in [-0.2, 0) is 4.74 Å². The highest BCUT2D eigenvalue weighted by Gasteiger charge is 2.16. The third kappa shape index (κ3) is 3.61. The second kappa shape index (κ2) is 6.23. The molecule has 0 saturated carbocycles. The van der Waals surface area contributed by atoms with Gasteiger partial charge < -0.3 is 10.5 Å². The number of nitrogens with two attached hydrogens (primary N) is 1. The number of carbonyl (C=O) groups excluding carboxylic acids is 1. The minimum atomic E-state index is -0.499. The maximum atomic E-state index is 11.9. The molecule has 1 aromatic carbocycles. The molecular formula is C12H16N2O4. The van der Waals surface area contributed by atoms with Gasteiger partial charge in [-0.3, -0.25) is 14.9 Å². The SMILES string of the molecule is COCC(N)CC(=O)c1ccc(C)c([N+](=O)[O-])c1. The van der Waals surface area contributed by atoms with Crippen LogP contribution >= 0.6 is 0 Å². The minimum absolute atomic E-state index is 0.0545. The van der Waals surface area contributed by atoms with Gasteiger partial charge in [0.05, 0.1) is 11.5 Å². The average Bonchev–Trinajstić information content (AvgIpc) is 2.29. The Morgan fingerprint density at radius 1 is 1.56 bits per heavy atom. The first kappa shape index (κ1) is 14.3. The molecule has 1 atom stereocenters. The number of hydrogen-bond donors (Lipinski definition) is 1. The summed E-state index contributed by atoms with van der Waals surface area (Å²) in [5.74, 6) is -0.220. The van der Waals surface area contributed by atoms with Crippen LogP contribution in [0.25, 0.3) is 0 Å². The summed E-state index contributed by atoms with van der Waals surface area (Å²) in [4.78, 5) is 22.1. The molecule has 98 valence electrons. The van der Waals surface area contributed by atoms with Crippen molar-refractivity contribution in [3.05, 3.63) is 39.4 Å². The number of ketones is 1. The Morgan fingerprint density at radius 2 is 2.22 bits per heavy atom. The number of ether oxygens (including phenoxy) is 1. The van der Waals surface area contributed by atoms with Crippen LogP contribution in [0.4, 0.5) is 5.69 Å². The van der Waals surface area contributed by atoms with Gasteiger partial charge in [0.25, 0.3) is 5.69 Å². The molecular weight excluding hydrogens is 236 g/mol. The van der Waals surface area contributed by atoms with Gasteiger partial charge in [-0.2, -0.15) is 0 Å². The zero-order valence-electron chi connectivity index (χ0n) is 10.4. The number of hydrogen-bond acceptors (Lipinski definition) is 5. The van der Waals surface area contributed by atoms with E-state index in [1.54, 1.807) is 19.1 Å². The van der Waals surface area contributed by atoms with E-state index >= 15 is 0 Å². The molecule has 0 aromatic heterocycles. The Balaban J connectivity index is 2.87. The quantitative estimate of drug-likeness (QED) is 0.469. The normalized spacial score (nSPS) is 12.2. The number of carbonyl (C=O) groups is 1. The zero-order valence-corrected chi connectivity index (χ0v) is 10.4. The second-order valence-corrected chi connectivity index (χ2v) is 4.10. The Bertz CT molecular complexity index is 459. The summed E-state index contributed by atoms with van der Waals surface area (Å²) in [6.45, 7) is 1.91. The summed E-state index contributed by atoms with van der Waals surface area (Å²) < 4.78 is 4.84. The maximum Gasteiger partial charge on any atom is 0.273 e. The van der Waals surface area contributed by atoms with Crippen molar-refractivity contribution in [1.82, 2.24) is 0 Å². The molecule has 0 fully saturated rings. The highest BCUT2D eigenvalue weighted by Crippen LogP contribution is 2.20. The highest BCUT2D eigenvalue weighted by molar-refractivity contribution is 5.97. The number of methoxy groups -OCH3 is 1. The predicted octanol–water partition coefficient (Wildman–Crippen LogP) is 1.45. The van der Waals surface area contributed by atoms with Gasteiger partial charge in [-0.15, -0.1) is 0 Å². The smallest absolute Gasteiger partial charge is 0.273 e. The zero-order chi connectivity index (χ0) is 13.7. The van der Waals surface area contributed by atoms with Crippen LogP contribution in [0.2, 0.25) is 0 Å². The van der Waals surface area contributed by atoms with Gasteiger partial charge in [0, 0.05) is 36.8 Å². The summed E-state index contributed by atoms with van der Waals surface area (Å²) >= 11 is 0. The van der Waals surface area contributed by atoms with Crippen molar-refractivity contribution in [2.45, 2.75) is 19.4 Å². The lowest BCUT2D eigenvalue weighted by molar-refractivity contribution is -0.385. The highest BCUT2D eigenvalue weighted by atomic mass is 16.6. The first-order valence-corrected chi connectivity index (χ1v) is 5.48. The van der Waals surface area contributed by atoms with Crippen LogP contribution in [-0.4, -0.2) is 30.5 Å². The van der Waals surface area contributed by atoms with E-state index in [0.717, 1.165) is 0 Å². The third-order valence-electron chi connectivity index (χ3n) is 2.56. The van der Waals surface area contributed by atoms with Crippen LogP contribution in [0.5, 0.6) is 0 Å². The van der Waals surface area contributed by atoms with Gasteiger partial charge in [0.2, 0.25) is 0 Å². The van der Waals surface area contributed by atoms with Gasteiger partial charge in [-0.05, 0) is 6.92 Å². The molecule has 0 aliphatic rings. The molecule has 0 bridgehead atoms. The molecule has 6 heteroatoms. The molecule has 0 amide bonds. The number of benzene rings is 1. The third-order valence-corrected chi connectivity index (χ3v) is 2.56. The van der Waals surface area contributed by atoms with Gasteiger partial charge in [0.1, 0.15) is 0 Å². The molecule has 0 aliphatic carbocycles. The van der Waals surface area contributed by atoms with Crippen molar-refractivity contribution in [3.8, 4) is 0 Å². The number of nitro benzene ring substituents is 1. The molecule has 0 radical (unpaired) electrons. The lowest BCUT2D eigenvalue weighted by atomic mass is 10.0. The van der Waals surface area contributed by atoms with Crippen LogP contribution in [0.15, 0.2) is 18.2 Å². The molecule has 1 aromatic rings. The first-order valence-electron chi connectivity index (χ1n) is 5.48. The molecule has 0 aliphatic heterocycles. The first-order chi connectivity index (χ1) is 8.45. The molecule has 18 heavy (non-hydrogen) atoms. The average molecular weight is 252 g/mol. The maximum absolute atomic E-state index is 11.9. The molecule has 0 heterocycles. The molecule has 2 N–H and O–H groups in total. The van der Waals surface area contributed by atoms with Gasteiger partial charge in [-0.1, -0.05) is 12.1 Å². The fraction of sp³-hybridized carbons (Fsp3) is 0.417. The van der Waals surface area contributed by atoms with Gasteiger partial charge >= 0.3 is 0 Å². The molecule has 1 rings (SSSR count). The van der Waals surface area contributed by atoms with Crippen molar-refractivity contribution < 1.29 is 14.5 Å². The summed E-state index contributed by atoms with van der Waals surface area (Å²) in [6.07, 6.45) is 0.105. The monoisotopic (exact) mass is 252 g/mol. The fourth-order valence-electron chi connectivity index (χ4n) is 1.61. The summed E-state index contributed by atoms with van der Waals surface area (Å²) in [5.41, 5.74) is 6.45. The summed E-state index contributed by atoms with van der Waals surface area (Å²) in [6, 6.07) is 4.03. The largest absolute Gasteiger partial charge is 0.383 e. The standard InChI is InChI=1S/C12H16N2O4/c1-8-3-4-9(5-11(8)14(16)17)12(15)6-10(13)7-18-2/h3-5,10H,6-7,13H2,1-2H3. The Morgan fingerprint density at radius 3 is 2.78 bits per heavy atom. The van der Waals surface area contributed by atoms with E-state index in [2.05, 4.69) is 0 Å². The summed E-state index contributed by atoms with van der Waals surface area (Å²) in [5, 5.41) is 10.8. The minimum Gasteiger partial charge on any atom is -0.383 e. The topological polar surface area (TPSA) is 95.5 Å². The molecule has 6 nitrogen and oxygen atoms in total. The van der Waals surface area contributed by atoms with E-state index < -0.39 is 11.0 Å². The van der Waals surface area contributed by atoms with E-state index in [4.69, 9.17) is 10.5 Å². The van der Waals surface area contributed by atoms with Crippen molar-refractivity contribution in [2.24, 2.45) is 5.73 Å². The van der Waals surface area contributed by atoms with Gasteiger partial charge in [-0.25, -0.2) is 0 Å². The van der Waals surface area contributed by atoms with Crippen LogP contribution < -0.4 is 5.73 Å². The van der Waals surface area contributed by atoms with Crippen molar-refractivity contribution in [1.29, 1.82) is 0 Å². The Hall–Kier alpha value is -1.79. The second-order valence-electron chi connectivity index (χ2n) is 4.10. The summed E-state index contributed by atoms with van der Waals surface area (Å²) in [7, 11) is 1.50. The van der Waals surface area contributed by atoms with Crippen molar-refractivity contribution >= 4 is 11.5 Å². The number of Topliss-reactive ketones (excluding diaryl/α,β-unsaturated/α-hetero) is 1. The molecule has 0 spiro atoms. The van der Waals surface area contributed by atoms with Crippen LogP contribution in [0.1, 0.15) is 22.3 Å². The number of rotatable bonds is 6. The lowest BCUT2D eigenvalue weighted by Gasteiger charge is -2.09. The lowest BCUT2D eigenvalue weighted by Crippen LogP contribution is -2.28. The Kier molecular flexibility index (Phi) is 4.94. The van der Waals surface area contributed by atoms with E-state index in [1.807, 2.05) is 0 Å².